The summed E-state index contributed by atoms with van der Waals surface area (Å²) in [6.45, 7) is 12.8. The van der Waals surface area contributed by atoms with E-state index in [9.17, 15) is 4.79 Å². The van der Waals surface area contributed by atoms with Crippen LogP contribution >= 0.6 is 0 Å². The van der Waals surface area contributed by atoms with Crippen molar-refractivity contribution in [3.8, 4) is 0 Å². The molecule has 26 heavy (non-hydrogen) atoms. The van der Waals surface area contributed by atoms with E-state index < -0.39 is 0 Å². The van der Waals surface area contributed by atoms with Crippen molar-refractivity contribution in [3.63, 3.8) is 0 Å². The minimum Gasteiger partial charge on any atom is -0.462 e. The van der Waals surface area contributed by atoms with Crippen molar-refractivity contribution < 1.29 is 24.1 Å². The summed E-state index contributed by atoms with van der Waals surface area (Å²) < 4.78 is 12.0. The molecule has 0 bridgehead atoms. The SMILES string of the molecule is CC[NH+]1CC[NH+](C[C@H]2C(=O)O[C@@H]3C[C@@]4(C)CCC[C@]5(CO5)[C@H]4C[C@@H]32)CC1. The Labute approximate surface area is 157 Å². The van der Waals surface area contributed by atoms with E-state index in [0.29, 0.717) is 17.3 Å². The number of carbonyl (C=O) groups is 1. The highest BCUT2D eigenvalue weighted by molar-refractivity contribution is 5.75. The summed E-state index contributed by atoms with van der Waals surface area (Å²) in [5.74, 6) is 1.30. The zero-order valence-electron chi connectivity index (χ0n) is 16.5. The number of hydrogen-bond donors (Lipinski definition) is 2. The number of piperazine rings is 1. The van der Waals surface area contributed by atoms with Crippen LogP contribution in [0.2, 0.25) is 0 Å². The summed E-state index contributed by atoms with van der Waals surface area (Å²) in [6.07, 6.45) is 6.18. The van der Waals surface area contributed by atoms with E-state index in [1.807, 2.05) is 0 Å². The minimum absolute atomic E-state index is 0.103. The molecule has 0 aromatic rings. The Morgan fingerprint density at radius 3 is 2.58 bits per heavy atom. The van der Waals surface area contributed by atoms with Crippen LogP contribution in [0.15, 0.2) is 0 Å². The number of rotatable bonds is 3. The lowest BCUT2D eigenvalue weighted by Gasteiger charge is -2.51. The zero-order valence-corrected chi connectivity index (χ0v) is 16.5. The number of esters is 1. The van der Waals surface area contributed by atoms with E-state index in [-0.39, 0.29) is 23.6 Å². The van der Waals surface area contributed by atoms with Crippen LogP contribution in [-0.4, -0.2) is 63.5 Å². The molecule has 5 aliphatic rings. The summed E-state index contributed by atoms with van der Waals surface area (Å²) in [5.41, 5.74) is 0.477. The fraction of sp³-hybridized carbons (Fsp3) is 0.952. The molecule has 5 fully saturated rings. The van der Waals surface area contributed by atoms with Crippen molar-refractivity contribution in [2.75, 3.05) is 45.9 Å². The molecular weight excluding hydrogens is 328 g/mol. The van der Waals surface area contributed by atoms with Crippen LogP contribution in [0.25, 0.3) is 0 Å². The number of likely N-dealkylation sites (N-methyl/N-ethyl adjacent to an activating group) is 1. The molecule has 2 aliphatic carbocycles. The molecule has 0 aromatic heterocycles. The third-order valence-electron chi connectivity index (χ3n) is 8.75. The Kier molecular flexibility index (Phi) is 4.15. The zero-order chi connectivity index (χ0) is 17.9. The highest BCUT2D eigenvalue weighted by Crippen LogP contribution is 2.62. The van der Waals surface area contributed by atoms with Crippen molar-refractivity contribution in [2.45, 2.75) is 57.7 Å². The summed E-state index contributed by atoms with van der Waals surface area (Å²) in [4.78, 5) is 16.1. The van der Waals surface area contributed by atoms with Crippen molar-refractivity contribution in [1.82, 2.24) is 0 Å². The van der Waals surface area contributed by atoms with Gasteiger partial charge in [-0.1, -0.05) is 6.92 Å². The maximum Gasteiger partial charge on any atom is 0.315 e. The summed E-state index contributed by atoms with van der Waals surface area (Å²) in [6, 6.07) is 0. The number of quaternary nitrogens is 2. The fourth-order valence-electron chi connectivity index (χ4n) is 7.02. The van der Waals surface area contributed by atoms with Gasteiger partial charge in [-0.2, -0.15) is 0 Å². The van der Waals surface area contributed by atoms with Gasteiger partial charge in [-0.05, 0) is 50.4 Å². The van der Waals surface area contributed by atoms with E-state index in [4.69, 9.17) is 9.47 Å². The molecule has 6 atom stereocenters. The van der Waals surface area contributed by atoms with E-state index in [1.165, 1.54) is 52.0 Å². The second-order valence-electron chi connectivity index (χ2n) is 10.2. The predicted octanol–water partition coefficient (Wildman–Crippen LogP) is -0.683. The Bertz CT molecular complexity index is 570. The lowest BCUT2D eigenvalue weighted by atomic mass is 9.53. The van der Waals surface area contributed by atoms with Gasteiger partial charge in [0.1, 0.15) is 38.2 Å². The maximum absolute atomic E-state index is 12.7. The quantitative estimate of drug-likeness (QED) is 0.515. The van der Waals surface area contributed by atoms with E-state index in [2.05, 4.69) is 13.8 Å². The van der Waals surface area contributed by atoms with Crippen LogP contribution in [0, 0.1) is 23.2 Å². The largest absolute Gasteiger partial charge is 0.462 e. The normalized spacial score (nSPS) is 53.1. The summed E-state index contributed by atoms with van der Waals surface area (Å²) in [7, 11) is 0. The third-order valence-corrected chi connectivity index (χ3v) is 8.75. The molecule has 0 amide bonds. The average Bonchev–Trinajstić information content (AvgIpc) is 3.33. The van der Waals surface area contributed by atoms with Crippen molar-refractivity contribution >= 4 is 5.97 Å². The lowest BCUT2D eigenvalue weighted by Crippen LogP contribution is -3.28. The van der Waals surface area contributed by atoms with Crippen molar-refractivity contribution in [3.05, 3.63) is 0 Å². The molecule has 5 nitrogen and oxygen atoms in total. The maximum atomic E-state index is 12.7. The first-order valence-corrected chi connectivity index (χ1v) is 11.0. The number of ether oxygens (including phenoxy) is 2. The van der Waals surface area contributed by atoms with Gasteiger partial charge in [0.2, 0.25) is 0 Å². The first-order valence-electron chi connectivity index (χ1n) is 11.0. The molecular formula is C21H36N2O3+2. The average molecular weight is 365 g/mol. The second-order valence-corrected chi connectivity index (χ2v) is 10.2. The Morgan fingerprint density at radius 1 is 1.15 bits per heavy atom. The highest BCUT2D eigenvalue weighted by atomic mass is 16.6. The summed E-state index contributed by atoms with van der Waals surface area (Å²) in [5, 5.41) is 0. The minimum atomic E-state index is 0.103. The monoisotopic (exact) mass is 364 g/mol. The van der Waals surface area contributed by atoms with E-state index in [1.54, 1.807) is 9.80 Å². The molecule has 5 heteroatoms. The molecule has 2 N–H and O–H groups in total. The second kappa shape index (κ2) is 6.18. The number of epoxide rings is 1. The first-order chi connectivity index (χ1) is 12.5. The molecule has 5 rings (SSSR count). The molecule has 3 heterocycles. The smallest absolute Gasteiger partial charge is 0.315 e. The number of nitrogens with one attached hydrogen (secondary N) is 2. The molecule has 0 unspecified atom stereocenters. The van der Waals surface area contributed by atoms with Gasteiger partial charge >= 0.3 is 5.97 Å². The van der Waals surface area contributed by atoms with Crippen LogP contribution in [0.3, 0.4) is 0 Å². The van der Waals surface area contributed by atoms with E-state index >= 15 is 0 Å². The van der Waals surface area contributed by atoms with Gasteiger partial charge in [-0.15, -0.1) is 0 Å². The van der Waals surface area contributed by atoms with Gasteiger partial charge in [0, 0.05) is 5.92 Å². The third kappa shape index (κ3) is 2.73. The molecule has 2 saturated carbocycles. The summed E-state index contributed by atoms with van der Waals surface area (Å²) >= 11 is 0. The topological polar surface area (TPSA) is 47.7 Å². The van der Waals surface area contributed by atoms with Crippen molar-refractivity contribution in [1.29, 1.82) is 0 Å². The van der Waals surface area contributed by atoms with Crippen LogP contribution < -0.4 is 9.80 Å². The molecule has 0 aromatic carbocycles. The Balaban J connectivity index is 1.30. The number of hydrogen-bond acceptors (Lipinski definition) is 3. The van der Waals surface area contributed by atoms with Gasteiger partial charge in [0.05, 0.1) is 25.3 Å². The molecule has 0 radical (unpaired) electrons. The first kappa shape index (κ1) is 17.4. The standard InChI is InChI=1S/C21H34N2O3/c1-3-22-7-9-23(10-8-22)13-16-15-11-18-20(2,12-17(15)26-19(16)24)5-4-6-21(18)14-25-21/h15-18H,3-14H2,1-2H3/p+2/t15-,16-,17-,18+,20-,21+/m1/s1. The number of carbonyl (C=O) groups excluding carboxylic acids is 1. The van der Waals surface area contributed by atoms with Crippen molar-refractivity contribution in [2.24, 2.45) is 23.2 Å². The van der Waals surface area contributed by atoms with Crippen LogP contribution in [0.4, 0.5) is 0 Å². The Morgan fingerprint density at radius 2 is 1.88 bits per heavy atom. The lowest BCUT2D eigenvalue weighted by molar-refractivity contribution is -1.01. The van der Waals surface area contributed by atoms with Crippen LogP contribution in [-0.2, 0) is 14.3 Å². The fourth-order valence-corrected chi connectivity index (χ4v) is 7.02. The van der Waals surface area contributed by atoms with Crippen LogP contribution in [0.1, 0.15) is 46.0 Å². The molecule has 3 saturated heterocycles. The van der Waals surface area contributed by atoms with Gasteiger partial charge in [0.25, 0.3) is 0 Å². The molecule has 146 valence electrons. The highest BCUT2D eigenvalue weighted by Gasteiger charge is 2.65. The van der Waals surface area contributed by atoms with Crippen LogP contribution in [0.5, 0.6) is 0 Å². The number of fused-ring (bicyclic) bond motifs is 3. The van der Waals surface area contributed by atoms with Gasteiger partial charge < -0.3 is 19.3 Å². The Hall–Kier alpha value is -0.650. The van der Waals surface area contributed by atoms with Gasteiger partial charge in [-0.3, -0.25) is 4.79 Å². The molecule has 3 aliphatic heterocycles. The van der Waals surface area contributed by atoms with E-state index in [0.717, 1.165) is 26.0 Å². The van der Waals surface area contributed by atoms with Gasteiger partial charge in [0.15, 0.2) is 0 Å². The predicted molar refractivity (Wildman–Crippen MR) is 97.0 cm³/mol. The molecule has 1 spiro atoms. The van der Waals surface area contributed by atoms with Gasteiger partial charge in [-0.25, -0.2) is 0 Å².